The Balaban J connectivity index is 2.70. The number of nitrogens with one attached hydrogen (secondary N) is 1. The van der Waals surface area contributed by atoms with Gasteiger partial charge in [0, 0.05) is 24.9 Å². The molecule has 96 valence electrons. The molecule has 17 heavy (non-hydrogen) atoms. The number of amides is 1. The molecule has 0 aliphatic carbocycles. The molecule has 1 heterocycles. The van der Waals surface area contributed by atoms with E-state index < -0.39 is 0 Å². The first kappa shape index (κ1) is 13.7. The normalized spacial score (nSPS) is 14.4. The standard InChI is InChI=1S/C12H21N3O2/c1-4-12(3,6-7-16)14-11(17)10-8-13-15(5-2)9-10/h8-9,16H,4-7H2,1-3H3,(H,14,17). The number of aryl methyl sites for hydroxylation is 1. The number of aliphatic hydroxyl groups is 1. The Morgan fingerprint density at radius 2 is 2.29 bits per heavy atom. The molecule has 1 rings (SSSR count). The molecular formula is C12H21N3O2. The maximum absolute atomic E-state index is 12.0. The molecule has 2 N–H and O–H groups in total. The van der Waals surface area contributed by atoms with Gasteiger partial charge in [0.15, 0.2) is 0 Å². The van der Waals surface area contributed by atoms with Crippen molar-refractivity contribution in [1.29, 1.82) is 0 Å². The fourth-order valence-corrected chi connectivity index (χ4v) is 1.57. The van der Waals surface area contributed by atoms with E-state index in [0.29, 0.717) is 12.0 Å². The Hall–Kier alpha value is -1.36. The lowest BCUT2D eigenvalue weighted by Gasteiger charge is -2.28. The largest absolute Gasteiger partial charge is 0.396 e. The summed E-state index contributed by atoms with van der Waals surface area (Å²) in [5, 5.41) is 16.0. The highest BCUT2D eigenvalue weighted by molar-refractivity contribution is 5.94. The fourth-order valence-electron chi connectivity index (χ4n) is 1.57. The van der Waals surface area contributed by atoms with Gasteiger partial charge in [-0.1, -0.05) is 6.92 Å². The van der Waals surface area contributed by atoms with Crippen LogP contribution < -0.4 is 5.32 Å². The van der Waals surface area contributed by atoms with E-state index in [1.54, 1.807) is 17.1 Å². The van der Waals surface area contributed by atoms with Crippen LogP contribution in [-0.2, 0) is 6.54 Å². The van der Waals surface area contributed by atoms with E-state index in [1.165, 1.54) is 0 Å². The Morgan fingerprint density at radius 3 is 2.76 bits per heavy atom. The smallest absolute Gasteiger partial charge is 0.254 e. The van der Waals surface area contributed by atoms with Crippen LogP contribution in [-0.4, -0.2) is 32.9 Å². The topological polar surface area (TPSA) is 67.2 Å². The summed E-state index contributed by atoms with van der Waals surface area (Å²) in [6.45, 7) is 6.71. The van der Waals surface area contributed by atoms with E-state index >= 15 is 0 Å². The van der Waals surface area contributed by atoms with Crippen LogP contribution in [0.4, 0.5) is 0 Å². The van der Waals surface area contributed by atoms with Crippen molar-refractivity contribution in [3.8, 4) is 0 Å². The van der Waals surface area contributed by atoms with Gasteiger partial charge in [0.05, 0.1) is 11.8 Å². The van der Waals surface area contributed by atoms with E-state index in [9.17, 15) is 4.79 Å². The Kier molecular flexibility index (Phi) is 4.69. The molecule has 0 spiro atoms. The van der Waals surface area contributed by atoms with Crippen molar-refractivity contribution < 1.29 is 9.90 Å². The molecule has 5 heteroatoms. The van der Waals surface area contributed by atoms with Crippen molar-refractivity contribution in [2.75, 3.05) is 6.61 Å². The van der Waals surface area contributed by atoms with Crippen molar-refractivity contribution in [1.82, 2.24) is 15.1 Å². The lowest BCUT2D eigenvalue weighted by atomic mass is 9.94. The van der Waals surface area contributed by atoms with Crippen LogP contribution in [0.3, 0.4) is 0 Å². The van der Waals surface area contributed by atoms with Gasteiger partial charge < -0.3 is 10.4 Å². The second-order valence-corrected chi connectivity index (χ2v) is 4.43. The molecule has 1 aromatic rings. The van der Waals surface area contributed by atoms with Crippen LogP contribution in [0.25, 0.3) is 0 Å². The second kappa shape index (κ2) is 5.82. The zero-order chi connectivity index (χ0) is 12.9. The minimum absolute atomic E-state index is 0.0683. The Morgan fingerprint density at radius 1 is 1.59 bits per heavy atom. The molecule has 1 unspecified atom stereocenters. The Bertz CT molecular complexity index is 376. The van der Waals surface area contributed by atoms with Crippen molar-refractivity contribution >= 4 is 5.91 Å². The molecule has 0 saturated carbocycles. The van der Waals surface area contributed by atoms with E-state index in [2.05, 4.69) is 10.4 Å². The molecule has 0 bridgehead atoms. The minimum Gasteiger partial charge on any atom is -0.396 e. The molecule has 1 atom stereocenters. The fraction of sp³-hybridized carbons (Fsp3) is 0.667. The van der Waals surface area contributed by atoms with Crippen molar-refractivity contribution in [3.63, 3.8) is 0 Å². The lowest BCUT2D eigenvalue weighted by molar-refractivity contribution is 0.0886. The number of aromatic nitrogens is 2. The van der Waals surface area contributed by atoms with Gasteiger partial charge in [0.1, 0.15) is 0 Å². The number of hydrogen-bond acceptors (Lipinski definition) is 3. The van der Waals surface area contributed by atoms with Gasteiger partial charge in [-0.2, -0.15) is 5.10 Å². The van der Waals surface area contributed by atoms with E-state index in [-0.39, 0.29) is 18.1 Å². The quantitative estimate of drug-likeness (QED) is 0.783. The third kappa shape index (κ3) is 3.56. The van der Waals surface area contributed by atoms with Gasteiger partial charge in [0.25, 0.3) is 5.91 Å². The van der Waals surface area contributed by atoms with Gasteiger partial charge in [-0.3, -0.25) is 9.48 Å². The van der Waals surface area contributed by atoms with Gasteiger partial charge in [-0.05, 0) is 26.7 Å². The lowest BCUT2D eigenvalue weighted by Crippen LogP contribution is -2.46. The second-order valence-electron chi connectivity index (χ2n) is 4.43. The molecule has 1 amide bonds. The van der Waals surface area contributed by atoms with Crippen molar-refractivity contribution in [2.45, 2.75) is 45.7 Å². The highest BCUT2D eigenvalue weighted by atomic mass is 16.3. The summed E-state index contributed by atoms with van der Waals surface area (Å²) < 4.78 is 1.71. The number of aliphatic hydroxyl groups excluding tert-OH is 1. The number of hydrogen-bond donors (Lipinski definition) is 2. The van der Waals surface area contributed by atoms with Crippen LogP contribution in [0, 0.1) is 0 Å². The highest BCUT2D eigenvalue weighted by Crippen LogP contribution is 2.14. The third-order valence-electron chi connectivity index (χ3n) is 3.08. The van der Waals surface area contributed by atoms with E-state index in [0.717, 1.165) is 13.0 Å². The van der Waals surface area contributed by atoms with Crippen LogP contribution in [0.1, 0.15) is 44.0 Å². The SMILES string of the molecule is CCn1cc(C(=O)NC(C)(CC)CCO)cn1. The summed E-state index contributed by atoms with van der Waals surface area (Å²) in [6, 6.07) is 0. The van der Waals surface area contributed by atoms with Crippen LogP contribution in [0.15, 0.2) is 12.4 Å². The summed E-state index contributed by atoms with van der Waals surface area (Å²) in [5.41, 5.74) is 0.199. The first-order valence-electron chi connectivity index (χ1n) is 6.00. The summed E-state index contributed by atoms with van der Waals surface area (Å²) in [6.07, 6.45) is 4.62. The molecule has 0 aliphatic rings. The maximum Gasteiger partial charge on any atom is 0.254 e. The van der Waals surface area contributed by atoms with Gasteiger partial charge in [0.2, 0.25) is 0 Å². The molecule has 0 saturated heterocycles. The summed E-state index contributed by atoms with van der Waals surface area (Å²) in [7, 11) is 0. The number of nitrogens with zero attached hydrogens (tertiary/aromatic N) is 2. The summed E-state index contributed by atoms with van der Waals surface area (Å²) >= 11 is 0. The van der Waals surface area contributed by atoms with Gasteiger partial charge in [-0.15, -0.1) is 0 Å². The van der Waals surface area contributed by atoms with Crippen LogP contribution >= 0.6 is 0 Å². The van der Waals surface area contributed by atoms with Gasteiger partial charge >= 0.3 is 0 Å². The van der Waals surface area contributed by atoms with Crippen LogP contribution in [0.2, 0.25) is 0 Å². The maximum atomic E-state index is 12.0. The van der Waals surface area contributed by atoms with Crippen LogP contribution in [0.5, 0.6) is 0 Å². The molecular weight excluding hydrogens is 218 g/mol. The molecule has 5 nitrogen and oxygen atoms in total. The molecule has 0 fully saturated rings. The monoisotopic (exact) mass is 239 g/mol. The number of carbonyl (C=O) groups is 1. The molecule has 0 aromatic carbocycles. The van der Waals surface area contributed by atoms with E-state index in [1.807, 2.05) is 20.8 Å². The summed E-state index contributed by atoms with van der Waals surface area (Å²) in [4.78, 5) is 12.0. The molecule has 1 aromatic heterocycles. The molecule has 0 radical (unpaired) electrons. The first-order valence-corrected chi connectivity index (χ1v) is 6.00. The zero-order valence-corrected chi connectivity index (χ0v) is 10.7. The number of carbonyl (C=O) groups excluding carboxylic acids is 1. The zero-order valence-electron chi connectivity index (χ0n) is 10.7. The molecule has 0 aliphatic heterocycles. The average molecular weight is 239 g/mol. The average Bonchev–Trinajstić information content (AvgIpc) is 2.78. The van der Waals surface area contributed by atoms with Crippen molar-refractivity contribution in [2.24, 2.45) is 0 Å². The van der Waals surface area contributed by atoms with Crippen molar-refractivity contribution in [3.05, 3.63) is 18.0 Å². The predicted octanol–water partition coefficient (Wildman–Crippen LogP) is 1.18. The predicted molar refractivity (Wildman–Crippen MR) is 65.8 cm³/mol. The minimum atomic E-state index is -0.361. The first-order chi connectivity index (χ1) is 8.04. The van der Waals surface area contributed by atoms with Gasteiger partial charge in [-0.25, -0.2) is 0 Å². The number of rotatable bonds is 6. The summed E-state index contributed by atoms with van der Waals surface area (Å²) in [5.74, 6) is -0.137. The Labute approximate surface area is 102 Å². The van der Waals surface area contributed by atoms with E-state index in [4.69, 9.17) is 5.11 Å². The third-order valence-corrected chi connectivity index (χ3v) is 3.08. The highest BCUT2D eigenvalue weighted by Gasteiger charge is 2.24.